The number of hydrogen-bond acceptors (Lipinski definition) is 4. The van der Waals surface area contributed by atoms with Gasteiger partial charge in [0, 0.05) is 26.2 Å². The summed E-state index contributed by atoms with van der Waals surface area (Å²) >= 11 is 0. The Morgan fingerprint density at radius 2 is 1.95 bits per heavy atom. The van der Waals surface area contributed by atoms with E-state index in [0.717, 1.165) is 44.8 Å². The van der Waals surface area contributed by atoms with Crippen LogP contribution in [0, 0.1) is 11.3 Å². The first-order valence-electron chi connectivity index (χ1n) is 7.28. The molecule has 0 amide bonds. The maximum atomic E-state index is 8.73. The summed E-state index contributed by atoms with van der Waals surface area (Å²) in [5, 5.41) is 8.73. The van der Waals surface area contributed by atoms with Gasteiger partial charge in [0.1, 0.15) is 12.4 Å². The molecule has 1 heterocycles. The molecule has 1 aliphatic heterocycles. The van der Waals surface area contributed by atoms with Crippen molar-refractivity contribution < 1.29 is 9.47 Å². The third-order valence-corrected chi connectivity index (χ3v) is 3.60. The van der Waals surface area contributed by atoms with Crippen LogP contribution in [0.25, 0.3) is 0 Å². The lowest BCUT2D eigenvalue weighted by atomic mass is 10.1. The molecule has 0 bridgehead atoms. The fraction of sp³-hybridized carbons (Fsp3) is 0.562. The topological polar surface area (TPSA) is 45.5 Å². The van der Waals surface area contributed by atoms with Crippen LogP contribution >= 0.6 is 0 Å². The normalized spacial score (nSPS) is 16.8. The molecule has 2 rings (SSSR count). The van der Waals surface area contributed by atoms with Crippen molar-refractivity contribution in [1.29, 1.82) is 5.26 Å². The molecule has 20 heavy (non-hydrogen) atoms. The first kappa shape index (κ1) is 14.8. The van der Waals surface area contributed by atoms with E-state index >= 15 is 0 Å². The summed E-state index contributed by atoms with van der Waals surface area (Å²) in [7, 11) is 0. The maximum Gasteiger partial charge on any atom is 0.119 e. The van der Waals surface area contributed by atoms with Gasteiger partial charge >= 0.3 is 0 Å². The zero-order valence-corrected chi connectivity index (χ0v) is 12.0. The average Bonchev–Trinajstić information content (AvgIpc) is 2.50. The highest BCUT2D eigenvalue weighted by atomic mass is 16.5. The molecule has 0 atom stereocenters. The summed E-state index contributed by atoms with van der Waals surface area (Å²) in [4.78, 5) is 2.42. The van der Waals surface area contributed by atoms with Crippen molar-refractivity contribution in [1.82, 2.24) is 4.90 Å². The number of nitrogens with zero attached hydrogens (tertiary/aromatic N) is 2. The van der Waals surface area contributed by atoms with Gasteiger partial charge in [0.25, 0.3) is 0 Å². The standard InChI is InChI=1S/C16H22N2O2/c1-2-19-16-7-9-18(10-8-16)11-12-20-15-5-3-14(13-17)4-6-15/h3-6,16H,2,7-12H2,1H3. The first-order chi connectivity index (χ1) is 9.81. The molecule has 0 aromatic heterocycles. The van der Waals surface area contributed by atoms with Gasteiger partial charge in [-0.05, 0) is 44.0 Å². The molecule has 0 N–H and O–H groups in total. The highest BCUT2D eigenvalue weighted by Gasteiger charge is 2.18. The largest absolute Gasteiger partial charge is 0.492 e. The average molecular weight is 274 g/mol. The molecule has 1 fully saturated rings. The van der Waals surface area contributed by atoms with Crippen molar-refractivity contribution in [2.75, 3.05) is 32.8 Å². The second-order valence-corrected chi connectivity index (χ2v) is 4.98. The summed E-state index contributed by atoms with van der Waals surface area (Å²) in [6.07, 6.45) is 2.67. The van der Waals surface area contributed by atoms with Crippen molar-refractivity contribution >= 4 is 0 Å². The van der Waals surface area contributed by atoms with E-state index < -0.39 is 0 Å². The molecule has 0 spiro atoms. The van der Waals surface area contributed by atoms with E-state index in [1.807, 2.05) is 12.1 Å². The third kappa shape index (κ3) is 4.52. The van der Waals surface area contributed by atoms with Crippen LogP contribution < -0.4 is 4.74 Å². The molecule has 0 saturated carbocycles. The summed E-state index contributed by atoms with van der Waals surface area (Å²) in [5.74, 6) is 0.827. The number of hydrogen-bond donors (Lipinski definition) is 0. The van der Waals surface area contributed by atoms with E-state index in [1.54, 1.807) is 12.1 Å². The van der Waals surface area contributed by atoms with Gasteiger partial charge in [0.15, 0.2) is 0 Å². The third-order valence-electron chi connectivity index (χ3n) is 3.60. The van der Waals surface area contributed by atoms with E-state index in [9.17, 15) is 0 Å². The molecular weight excluding hydrogens is 252 g/mol. The Balaban J connectivity index is 1.65. The lowest BCUT2D eigenvalue weighted by molar-refractivity contribution is 0.0119. The number of nitriles is 1. The molecular formula is C16H22N2O2. The number of ether oxygens (including phenoxy) is 2. The fourth-order valence-corrected chi connectivity index (χ4v) is 2.45. The minimum Gasteiger partial charge on any atom is -0.492 e. The van der Waals surface area contributed by atoms with Crippen LogP contribution in [0.5, 0.6) is 5.75 Å². The van der Waals surface area contributed by atoms with Gasteiger partial charge in [-0.1, -0.05) is 0 Å². The number of rotatable bonds is 6. The second kappa shape index (κ2) is 7.88. The van der Waals surface area contributed by atoms with Gasteiger partial charge in [-0.25, -0.2) is 0 Å². The highest BCUT2D eigenvalue weighted by Crippen LogP contribution is 2.14. The van der Waals surface area contributed by atoms with E-state index in [-0.39, 0.29) is 0 Å². The van der Waals surface area contributed by atoms with Crippen LogP contribution in [0.4, 0.5) is 0 Å². The van der Waals surface area contributed by atoms with Crippen molar-refractivity contribution in [3.05, 3.63) is 29.8 Å². The fourth-order valence-electron chi connectivity index (χ4n) is 2.45. The summed E-state index contributed by atoms with van der Waals surface area (Å²) in [6, 6.07) is 9.36. The van der Waals surface area contributed by atoms with E-state index in [1.165, 1.54) is 0 Å². The highest BCUT2D eigenvalue weighted by molar-refractivity contribution is 5.34. The maximum absolute atomic E-state index is 8.73. The van der Waals surface area contributed by atoms with Crippen molar-refractivity contribution in [3.8, 4) is 11.8 Å². The van der Waals surface area contributed by atoms with Gasteiger partial charge < -0.3 is 9.47 Å². The van der Waals surface area contributed by atoms with Crippen LogP contribution in [-0.2, 0) is 4.74 Å². The Morgan fingerprint density at radius 1 is 1.25 bits per heavy atom. The summed E-state index contributed by atoms with van der Waals surface area (Å²) in [6.45, 7) is 6.66. The molecule has 1 aromatic carbocycles. The molecule has 108 valence electrons. The Hall–Kier alpha value is -1.57. The molecule has 1 aromatic rings. The lowest BCUT2D eigenvalue weighted by Crippen LogP contribution is -2.39. The van der Waals surface area contributed by atoms with Crippen LogP contribution in [0.3, 0.4) is 0 Å². The predicted molar refractivity (Wildman–Crippen MR) is 77.7 cm³/mol. The van der Waals surface area contributed by atoms with Gasteiger partial charge in [-0.2, -0.15) is 5.26 Å². The minimum absolute atomic E-state index is 0.440. The molecule has 4 heteroatoms. The SMILES string of the molecule is CCOC1CCN(CCOc2ccc(C#N)cc2)CC1. The Bertz CT molecular complexity index is 431. The first-order valence-corrected chi connectivity index (χ1v) is 7.28. The van der Waals surface area contributed by atoms with Crippen molar-refractivity contribution in [2.45, 2.75) is 25.9 Å². The van der Waals surface area contributed by atoms with Crippen LogP contribution in [0.15, 0.2) is 24.3 Å². The van der Waals surface area contributed by atoms with Gasteiger partial charge in [0.2, 0.25) is 0 Å². The number of piperidine rings is 1. The molecule has 4 nitrogen and oxygen atoms in total. The van der Waals surface area contributed by atoms with Gasteiger partial charge in [-0.15, -0.1) is 0 Å². The quantitative estimate of drug-likeness (QED) is 0.799. The lowest BCUT2D eigenvalue weighted by Gasteiger charge is -2.31. The summed E-state index contributed by atoms with van der Waals surface area (Å²) < 4.78 is 11.3. The molecule has 0 radical (unpaired) electrons. The smallest absolute Gasteiger partial charge is 0.119 e. The number of benzene rings is 1. The van der Waals surface area contributed by atoms with Crippen molar-refractivity contribution in [3.63, 3.8) is 0 Å². The molecule has 0 unspecified atom stereocenters. The second-order valence-electron chi connectivity index (χ2n) is 4.98. The number of likely N-dealkylation sites (tertiary alicyclic amines) is 1. The Morgan fingerprint density at radius 3 is 2.55 bits per heavy atom. The predicted octanol–water partition coefficient (Wildman–Crippen LogP) is 2.44. The van der Waals surface area contributed by atoms with Gasteiger partial charge in [-0.3, -0.25) is 4.90 Å². The molecule has 1 aliphatic rings. The van der Waals surface area contributed by atoms with Crippen LogP contribution in [0.2, 0.25) is 0 Å². The summed E-state index contributed by atoms with van der Waals surface area (Å²) in [5.41, 5.74) is 0.662. The van der Waals surface area contributed by atoms with Gasteiger partial charge in [0.05, 0.1) is 17.7 Å². The zero-order chi connectivity index (χ0) is 14.2. The van der Waals surface area contributed by atoms with E-state index in [2.05, 4.69) is 17.9 Å². The Kier molecular flexibility index (Phi) is 5.85. The Labute approximate surface area is 120 Å². The molecule has 1 saturated heterocycles. The van der Waals surface area contributed by atoms with Crippen molar-refractivity contribution in [2.24, 2.45) is 0 Å². The van der Waals surface area contributed by atoms with E-state index in [0.29, 0.717) is 18.3 Å². The zero-order valence-electron chi connectivity index (χ0n) is 12.0. The molecule has 0 aliphatic carbocycles. The van der Waals surface area contributed by atoms with Crippen LogP contribution in [0.1, 0.15) is 25.3 Å². The van der Waals surface area contributed by atoms with Crippen LogP contribution in [-0.4, -0.2) is 43.9 Å². The minimum atomic E-state index is 0.440. The monoisotopic (exact) mass is 274 g/mol. The van der Waals surface area contributed by atoms with E-state index in [4.69, 9.17) is 14.7 Å².